The van der Waals surface area contributed by atoms with Gasteiger partial charge in [0, 0.05) is 13.2 Å². The molecule has 0 saturated carbocycles. The van der Waals surface area contributed by atoms with Crippen LogP contribution in [0.2, 0.25) is 0 Å². The second-order valence-electron chi connectivity index (χ2n) is 14.3. The zero-order chi connectivity index (χ0) is 31.6. The molecule has 3 heteroatoms. The standard InChI is InChI=1S/C40H82O3/c1-5-7-9-11-13-15-17-19-21-23-25-27-29-31-39(37(3)41)33-35-43-36-34-40(38(4)42)32-30-28-26-24-22-20-18-16-14-12-10-8-6-2/h37-42H,5-36H2,1-4H3. The highest BCUT2D eigenvalue weighted by molar-refractivity contribution is 4.67. The van der Waals surface area contributed by atoms with Gasteiger partial charge in [0.15, 0.2) is 0 Å². The van der Waals surface area contributed by atoms with E-state index in [4.69, 9.17) is 4.74 Å². The van der Waals surface area contributed by atoms with E-state index in [9.17, 15) is 10.2 Å². The molecule has 4 atom stereocenters. The molecule has 0 amide bonds. The van der Waals surface area contributed by atoms with E-state index in [0.717, 1.165) is 38.9 Å². The van der Waals surface area contributed by atoms with Crippen LogP contribution in [0.25, 0.3) is 0 Å². The molecule has 0 aliphatic heterocycles. The van der Waals surface area contributed by atoms with Crippen molar-refractivity contribution in [3.8, 4) is 0 Å². The molecule has 4 unspecified atom stereocenters. The first-order chi connectivity index (χ1) is 21.0. The van der Waals surface area contributed by atoms with E-state index in [1.54, 1.807) is 0 Å². The molecule has 0 fully saturated rings. The summed E-state index contributed by atoms with van der Waals surface area (Å²) in [6.45, 7) is 9.95. The molecule has 0 aromatic rings. The van der Waals surface area contributed by atoms with Gasteiger partial charge in [0.1, 0.15) is 0 Å². The zero-order valence-corrected chi connectivity index (χ0v) is 30.2. The fourth-order valence-corrected chi connectivity index (χ4v) is 6.67. The molecule has 0 rings (SSSR count). The third kappa shape index (κ3) is 31.6. The van der Waals surface area contributed by atoms with Crippen LogP contribution in [0.3, 0.4) is 0 Å². The highest BCUT2D eigenvalue weighted by atomic mass is 16.5. The Kier molecular flexibility index (Phi) is 34.7. The minimum Gasteiger partial charge on any atom is -0.393 e. The fraction of sp³-hybridized carbons (Fsp3) is 1.00. The van der Waals surface area contributed by atoms with Crippen LogP contribution in [-0.2, 0) is 4.74 Å². The summed E-state index contributed by atoms with van der Waals surface area (Å²) < 4.78 is 6.01. The lowest BCUT2D eigenvalue weighted by Gasteiger charge is -2.22. The normalized spacial score (nSPS) is 14.7. The number of rotatable bonds is 36. The molecule has 0 bridgehead atoms. The van der Waals surface area contributed by atoms with Crippen molar-refractivity contribution in [2.45, 2.75) is 233 Å². The molecule has 0 aliphatic carbocycles. The van der Waals surface area contributed by atoms with Crippen molar-refractivity contribution in [2.24, 2.45) is 11.8 Å². The summed E-state index contributed by atoms with van der Waals surface area (Å²) in [7, 11) is 0. The highest BCUT2D eigenvalue weighted by Gasteiger charge is 2.16. The SMILES string of the molecule is CCCCCCCCCCCCCCCC(CCOCCC(CCCCCCCCCCCCCCC)C(C)O)C(C)O. The van der Waals surface area contributed by atoms with Crippen LogP contribution in [0.5, 0.6) is 0 Å². The number of hydrogen-bond acceptors (Lipinski definition) is 3. The summed E-state index contributed by atoms with van der Waals surface area (Å²) in [6.07, 6.45) is 39.6. The van der Waals surface area contributed by atoms with Gasteiger partial charge in [-0.1, -0.05) is 181 Å². The van der Waals surface area contributed by atoms with Gasteiger partial charge in [-0.15, -0.1) is 0 Å². The molecule has 260 valence electrons. The average molecular weight is 611 g/mol. The van der Waals surface area contributed by atoms with Crippen molar-refractivity contribution in [1.29, 1.82) is 0 Å². The summed E-state index contributed by atoms with van der Waals surface area (Å²) in [5.41, 5.74) is 0. The van der Waals surface area contributed by atoms with Crippen LogP contribution in [-0.4, -0.2) is 35.6 Å². The maximum Gasteiger partial charge on any atom is 0.0541 e. The van der Waals surface area contributed by atoms with E-state index in [1.807, 2.05) is 13.8 Å². The summed E-state index contributed by atoms with van der Waals surface area (Å²) >= 11 is 0. The fourth-order valence-electron chi connectivity index (χ4n) is 6.67. The van der Waals surface area contributed by atoms with Gasteiger partial charge in [-0.25, -0.2) is 0 Å². The monoisotopic (exact) mass is 611 g/mol. The van der Waals surface area contributed by atoms with Gasteiger partial charge >= 0.3 is 0 Å². The number of aliphatic hydroxyl groups is 2. The summed E-state index contributed by atoms with van der Waals surface area (Å²) in [5.74, 6) is 0.706. The van der Waals surface area contributed by atoms with Crippen molar-refractivity contribution in [2.75, 3.05) is 13.2 Å². The van der Waals surface area contributed by atoms with Crippen molar-refractivity contribution >= 4 is 0 Å². The van der Waals surface area contributed by atoms with Crippen molar-refractivity contribution < 1.29 is 14.9 Å². The van der Waals surface area contributed by atoms with Crippen LogP contribution < -0.4 is 0 Å². The maximum atomic E-state index is 10.3. The molecular formula is C40H82O3. The largest absolute Gasteiger partial charge is 0.393 e. The predicted molar refractivity (Wildman–Crippen MR) is 191 cm³/mol. The van der Waals surface area contributed by atoms with Crippen LogP contribution in [0.1, 0.15) is 220 Å². The van der Waals surface area contributed by atoms with E-state index < -0.39 is 0 Å². The van der Waals surface area contributed by atoms with Gasteiger partial charge in [-0.05, 0) is 51.4 Å². The molecule has 0 spiro atoms. The molecule has 2 N–H and O–H groups in total. The lowest BCUT2D eigenvalue weighted by Crippen LogP contribution is -2.21. The van der Waals surface area contributed by atoms with E-state index in [-0.39, 0.29) is 12.2 Å². The topological polar surface area (TPSA) is 49.7 Å². The van der Waals surface area contributed by atoms with E-state index in [2.05, 4.69) is 13.8 Å². The average Bonchev–Trinajstić information content (AvgIpc) is 2.99. The van der Waals surface area contributed by atoms with Crippen molar-refractivity contribution in [3.63, 3.8) is 0 Å². The molecular weight excluding hydrogens is 528 g/mol. The Bertz CT molecular complexity index is 462. The van der Waals surface area contributed by atoms with E-state index in [0.29, 0.717) is 11.8 Å². The third-order valence-corrected chi connectivity index (χ3v) is 9.99. The molecule has 43 heavy (non-hydrogen) atoms. The van der Waals surface area contributed by atoms with Crippen LogP contribution in [0, 0.1) is 11.8 Å². The second-order valence-corrected chi connectivity index (χ2v) is 14.3. The van der Waals surface area contributed by atoms with Gasteiger partial charge in [0.2, 0.25) is 0 Å². The molecule has 0 heterocycles. The predicted octanol–water partition coefficient (Wildman–Crippen LogP) is 12.7. The van der Waals surface area contributed by atoms with Gasteiger partial charge in [0.05, 0.1) is 12.2 Å². The quantitative estimate of drug-likeness (QED) is 0.0694. The first-order valence-electron chi connectivity index (χ1n) is 20.0. The Morgan fingerprint density at radius 1 is 0.349 bits per heavy atom. The number of ether oxygens (including phenoxy) is 1. The number of aliphatic hydroxyl groups excluding tert-OH is 2. The maximum absolute atomic E-state index is 10.3. The van der Waals surface area contributed by atoms with Crippen LogP contribution in [0.15, 0.2) is 0 Å². The summed E-state index contributed by atoms with van der Waals surface area (Å²) in [5, 5.41) is 20.6. The van der Waals surface area contributed by atoms with Crippen molar-refractivity contribution in [3.05, 3.63) is 0 Å². The minimum atomic E-state index is -0.248. The minimum absolute atomic E-state index is 0.248. The van der Waals surface area contributed by atoms with Crippen molar-refractivity contribution in [1.82, 2.24) is 0 Å². The summed E-state index contributed by atoms with van der Waals surface area (Å²) in [4.78, 5) is 0. The van der Waals surface area contributed by atoms with Gasteiger partial charge in [-0.3, -0.25) is 0 Å². The van der Waals surface area contributed by atoms with Gasteiger partial charge in [0.25, 0.3) is 0 Å². The molecule has 3 nitrogen and oxygen atoms in total. The zero-order valence-electron chi connectivity index (χ0n) is 30.2. The Balaban J connectivity index is 3.70. The first-order valence-corrected chi connectivity index (χ1v) is 20.0. The second kappa shape index (κ2) is 34.7. The smallest absolute Gasteiger partial charge is 0.0541 e. The van der Waals surface area contributed by atoms with Crippen LogP contribution >= 0.6 is 0 Å². The van der Waals surface area contributed by atoms with Gasteiger partial charge in [-0.2, -0.15) is 0 Å². The molecule has 0 aromatic heterocycles. The third-order valence-electron chi connectivity index (χ3n) is 9.99. The molecule has 0 aromatic carbocycles. The van der Waals surface area contributed by atoms with Crippen LogP contribution in [0.4, 0.5) is 0 Å². The lowest BCUT2D eigenvalue weighted by molar-refractivity contribution is 0.0487. The highest BCUT2D eigenvalue weighted by Crippen LogP contribution is 2.22. The Morgan fingerprint density at radius 2 is 0.581 bits per heavy atom. The Morgan fingerprint density at radius 3 is 0.814 bits per heavy atom. The Labute approximate surface area is 272 Å². The summed E-state index contributed by atoms with van der Waals surface area (Å²) in [6, 6.07) is 0. The molecule has 0 radical (unpaired) electrons. The number of hydrogen-bond donors (Lipinski definition) is 2. The number of unbranched alkanes of at least 4 members (excludes halogenated alkanes) is 24. The van der Waals surface area contributed by atoms with E-state index in [1.165, 1.54) is 167 Å². The van der Waals surface area contributed by atoms with E-state index >= 15 is 0 Å². The molecule has 0 saturated heterocycles. The van der Waals surface area contributed by atoms with Gasteiger partial charge < -0.3 is 14.9 Å². The molecule has 0 aliphatic rings. The lowest BCUT2D eigenvalue weighted by atomic mass is 9.92. The first kappa shape index (κ1) is 42.9. The Hall–Kier alpha value is -0.120.